The zero-order valence-electron chi connectivity index (χ0n) is 11.0. The minimum atomic E-state index is 0.700. The van der Waals surface area contributed by atoms with Crippen molar-refractivity contribution in [2.45, 2.75) is 51.5 Å². The zero-order chi connectivity index (χ0) is 12.4. The third-order valence-electron chi connectivity index (χ3n) is 4.78. The Morgan fingerprint density at radius 1 is 1.17 bits per heavy atom. The van der Waals surface area contributed by atoms with E-state index in [2.05, 4.69) is 9.88 Å². The lowest BCUT2D eigenvalue weighted by atomic mass is 9.68. The SMILES string of the molecule is Nc1ncc(CN2CCC3(CCCCC3)CC2)s1. The molecule has 0 amide bonds. The summed E-state index contributed by atoms with van der Waals surface area (Å²) in [6.45, 7) is 3.57. The first kappa shape index (κ1) is 12.4. The number of hydrogen-bond acceptors (Lipinski definition) is 4. The third-order valence-corrected chi connectivity index (χ3v) is 5.59. The van der Waals surface area contributed by atoms with E-state index in [-0.39, 0.29) is 0 Å². The molecule has 4 heteroatoms. The highest BCUT2D eigenvalue weighted by Gasteiger charge is 2.35. The summed E-state index contributed by atoms with van der Waals surface area (Å²) in [6, 6.07) is 0. The second-order valence-electron chi connectivity index (χ2n) is 6.00. The molecule has 1 saturated carbocycles. The van der Waals surface area contributed by atoms with Gasteiger partial charge in [-0.05, 0) is 44.2 Å². The molecule has 1 aliphatic heterocycles. The van der Waals surface area contributed by atoms with E-state index in [9.17, 15) is 0 Å². The van der Waals surface area contributed by atoms with Gasteiger partial charge in [0.25, 0.3) is 0 Å². The van der Waals surface area contributed by atoms with Crippen molar-refractivity contribution in [2.24, 2.45) is 5.41 Å². The van der Waals surface area contributed by atoms with Crippen molar-refractivity contribution in [3.8, 4) is 0 Å². The summed E-state index contributed by atoms with van der Waals surface area (Å²) < 4.78 is 0. The number of rotatable bonds is 2. The van der Waals surface area contributed by atoms with Crippen molar-refractivity contribution in [3.63, 3.8) is 0 Å². The average molecular weight is 265 g/mol. The van der Waals surface area contributed by atoms with Gasteiger partial charge in [-0.25, -0.2) is 4.98 Å². The molecular formula is C14H23N3S. The van der Waals surface area contributed by atoms with Crippen LogP contribution in [-0.2, 0) is 6.54 Å². The van der Waals surface area contributed by atoms with E-state index in [1.54, 1.807) is 11.3 Å². The first-order valence-corrected chi connectivity index (χ1v) is 8.00. The van der Waals surface area contributed by atoms with Crippen LogP contribution in [0.5, 0.6) is 0 Å². The Hall–Kier alpha value is -0.610. The fourth-order valence-corrected chi connectivity index (χ4v) is 4.33. The normalized spacial score (nSPS) is 24.4. The van der Waals surface area contributed by atoms with Gasteiger partial charge in [-0.2, -0.15) is 0 Å². The smallest absolute Gasteiger partial charge is 0.180 e. The number of hydrogen-bond donors (Lipinski definition) is 1. The zero-order valence-corrected chi connectivity index (χ0v) is 11.8. The van der Waals surface area contributed by atoms with Crippen LogP contribution in [0.2, 0.25) is 0 Å². The molecule has 18 heavy (non-hydrogen) atoms. The minimum absolute atomic E-state index is 0.700. The van der Waals surface area contributed by atoms with Crippen molar-refractivity contribution in [2.75, 3.05) is 18.8 Å². The topological polar surface area (TPSA) is 42.1 Å². The molecule has 0 radical (unpaired) electrons. The Morgan fingerprint density at radius 2 is 1.89 bits per heavy atom. The molecule has 2 N–H and O–H groups in total. The van der Waals surface area contributed by atoms with Crippen LogP contribution in [0, 0.1) is 5.41 Å². The number of nitrogens with two attached hydrogens (primary N) is 1. The molecule has 1 spiro atoms. The summed E-state index contributed by atoms with van der Waals surface area (Å²) >= 11 is 1.63. The fraction of sp³-hybridized carbons (Fsp3) is 0.786. The molecule has 1 saturated heterocycles. The van der Waals surface area contributed by atoms with E-state index in [0.29, 0.717) is 10.5 Å². The Balaban J connectivity index is 1.53. The lowest BCUT2D eigenvalue weighted by Crippen LogP contribution is -2.40. The summed E-state index contributed by atoms with van der Waals surface area (Å²) in [4.78, 5) is 8.02. The highest BCUT2D eigenvalue weighted by molar-refractivity contribution is 7.15. The van der Waals surface area contributed by atoms with Gasteiger partial charge in [-0.3, -0.25) is 4.90 Å². The summed E-state index contributed by atoms with van der Waals surface area (Å²) in [5.41, 5.74) is 6.39. The van der Waals surface area contributed by atoms with E-state index in [4.69, 9.17) is 5.73 Å². The van der Waals surface area contributed by atoms with Crippen molar-refractivity contribution in [1.82, 2.24) is 9.88 Å². The van der Waals surface area contributed by atoms with Crippen molar-refractivity contribution in [3.05, 3.63) is 11.1 Å². The lowest BCUT2D eigenvalue weighted by molar-refractivity contribution is 0.0646. The molecule has 100 valence electrons. The number of aromatic nitrogens is 1. The fourth-order valence-electron chi connectivity index (χ4n) is 3.60. The molecule has 1 aromatic rings. The number of anilines is 1. The minimum Gasteiger partial charge on any atom is -0.375 e. The molecule has 1 aromatic heterocycles. The van der Waals surface area contributed by atoms with Gasteiger partial charge < -0.3 is 5.73 Å². The van der Waals surface area contributed by atoms with Crippen LogP contribution in [0.15, 0.2) is 6.20 Å². The monoisotopic (exact) mass is 265 g/mol. The Morgan fingerprint density at radius 3 is 2.50 bits per heavy atom. The number of piperidine rings is 1. The van der Waals surface area contributed by atoms with Crippen LogP contribution >= 0.6 is 11.3 Å². The summed E-state index contributed by atoms with van der Waals surface area (Å²) in [7, 11) is 0. The van der Waals surface area contributed by atoms with Gasteiger partial charge in [0, 0.05) is 17.6 Å². The van der Waals surface area contributed by atoms with Crippen LogP contribution < -0.4 is 5.73 Å². The van der Waals surface area contributed by atoms with Crippen molar-refractivity contribution in [1.29, 1.82) is 0 Å². The van der Waals surface area contributed by atoms with Gasteiger partial charge in [0.2, 0.25) is 0 Å². The van der Waals surface area contributed by atoms with Gasteiger partial charge in [0.1, 0.15) is 0 Å². The van der Waals surface area contributed by atoms with Crippen LogP contribution in [0.25, 0.3) is 0 Å². The highest BCUT2D eigenvalue weighted by atomic mass is 32.1. The maximum Gasteiger partial charge on any atom is 0.180 e. The van der Waals surface area contributed by atoms with Crippen molar-refractivity contribution >= 4 is 16.5 Å². The summed E-state index contributed by atoms with van der Waals surface area (Å²) in [6.07, 6.45) is 12.1. The van der Waals surface area contributed by atoms with E-state index in [0.717, 1.165) is 6.54 Å². The Bertz CT molecular complexity index is 385. The van der Waals surface area contributed by atoms with E-state index in [1.165, 1.54) is 62.9 Å². The molecule has 0 bridgehead atoms. The molecule has 0 aromatic carbocycles. The molecule has 3 nitrogen and oxygen atoms in total. The Labute approximate surface area is 113 Å². The number of thiazole rings is 1. The molecule has 2 heterocycles. The maximum atomic E-state index is 5.68. The van der Waals surface area contributed by atoms with Gasteiger partial charge in [-0.15, -0.1) is 11.3 Å². The molecule has 2 fully saturated rings. The largest absolute Gasteiger partial charge is 0.375 e. The second-order valence-corrected chi connectivity index (χ2v) is 7.15. The maximum absolute atomic E-state index is 5.68. The van der Waals surface area contributed by atoms with Gasteiger partial charge in [-0.1, -0.05) is 19.3 Å². The first-order chi connectivity index (χ1) is 8.76. The standard InChI is InChI=1S/C14H23N3S/c15-13-16-10-12(18-13)11-17-8-6-14(7-9-17)4-2-1-3-5-14/h10H,1-9,11H2,(H2,15,16). The van der Waals surface area contributed by atoms with Gasteiger partial charge in [0.05, 0.1) is 0 Å². The van der Waals surface area contributed by atoms with Crippen molar-refractivity contribution < 1.29 is 0 Å². The Kier molecular flexibility index (Phi) is 3.57. The molecule has 1 aliphatic carbocycles. The van der Waals surface area contributed by atoms with Crippen LogP contribution in [0.4, 0.5) is 5.13 Å². The summed E-state index contributed by atoms with van der Waals surface area (Å²) in [5.74, 6) is 0. The summed E-state index contributed by atoms with van der Waals surface area (Å²) in [5, 5.41) is 0.700. The van der Waals surface area contributed by atoms with Gasteiger partial charge >= 0.3 is 0 Å². The molecule has 0 unspecified atom stereocenters. The predicted molar refractivity (Wildman–Crippen MR) is 76.6 cm³/mol. The average Bonchev–Trinajstić information content (AvgIpc) is 2.79. The van der Waals surface area contributed by atoms with E-state index < -0.39 is 0 Å². The van der Waals surface area contributed by atoms with E-state index >= 15 is 0 Å². The van der Waals surface area contributed by atoms with Gasteiger partial charge in [0.15, 0.2) is 5.13 Å². The molecule has 3 rings (SSSR count). The quantitative estimate of drug-likeness (QED) is 0.892. The number of nitrogens with zero attached hydrogens (tertiary/aromatic N) is 2. The molecular weight excluding hydrogens is 242 g/mol. The lowest BCUT2D eigenvalue weighted by Gasteiger charge is -2.44. The highest BCUT2D eigenvalue weighted by Crippen LogP contribution is 2.44. The van der Waals surface area contributed by atoms with E-state index in [1.807, 2.05) is 6.20 Å². The van der Waals surface area contributed by atoms with Crippen LogP contribution in [0.3, 0.4) is 0 Å². The predicted octanol–water partition coefficient (Wildman–Crippen LogP) is 3.27. The number of nitrogen functional groups attached to an aromatic ring is 1. The molecule has 2 aliphatic rings. The van der Waals surface area contributed by atoms with Crippen LogP contribution in [0.1, 0.15) is 49.8 Å². The first-order valence-electron chi connectivity index (χ1n) is 7.18. The second kappa shape index (κ2) is 5.17. The van der Waals surface area contributed by atoms with Crippen LogP contribution in [-0.4, -0.2) is 23.0 Å². The number of likely N-dealkylation sites (tertiary alicyclic amines) is 1. The third kappa shape index (κ3) is 2.69. The molecule has 0 atom stereocenters.